The molecule has 0 saturated carbocycles. The summed E-state index contributed by atoms with van der Waals surface area (Å²) in [5, 5.41) is 3.63. The van der Waals surface area contributed by atoms with Crippen molar-refractivity contribution in [2.45, 2.75) is 38.7 Å². The van der Waals surface area contributed by atoms with Gasteiger partial charge in [0.2, 0.25) is 17.5 Å². The zero-order chi connectivity index (χ0) is 13.1. The Morgan fingerprint density at radius 3 is 2.71 bits per heavy atom. The van der Waals surface area contributed by atoms with E-state index >= 15 is 0 Å². The summed E-state index contributed by atoms with van der Waals surface area (Å²) in [5.41, 5.74) is -0.740. The van der Waals surface area contributed by atoms with Crippen LogP contribution in [0.5, 0.6) is 0 Å². The summed E-state index contributed by atoms with van der Waals surface area (Å²) in [6.45, 7) is 3.61. The van der Waals surface area contributed by atoms with Gasteiger partial charge < -0.3 is 9.26 Å². The Morgan fingerprint density at radius 1 is 1.59 bits per heavy atom. The van der Waals surface area contributed by atoms with Crippen molar-refractivity contribution >= 4 is 5.78 Å². The first kappa shape index (κ1) is 13.7. The minimum absolute atomic E-state index is 0.123. The molecule has 1 rings (SSSR count). The van der Waals surface area contributed by atoms with Gasteiger partial charge in [-0.1, -0.05) is 12.1 Å². The molecular weight excluding hydrogens is 234 g/mol. The highest BCUT2D eigenvalue weighted by atomic mass is 19.3. The summed E-state index contributed by atoms with van der Waals surface area (Å²) in [5.74, 6) is -1.11. The third-order valence-corrected chi connectivity index (χ3v) is 2.64. The zero-order valence-electron chi connectivity index (χ0n) is 9.87. The number of hydrogen-bond donors (Lipinski definition) is 0. The number of hydrogen-bond acceptors (Lipinski definition) is 5. The molecule has 0 N–H and O–H groups in total. The van der Waals surface area contributed by atoms with Gasteiger partial charge in [0, 0.05) is 7.11 Å². The number of ketones is 1. The van der Waals surface area contributed by atoms with E-state index in [-0.39, 0.29) is 11.7 Å². The van der Waals surface area contributed by atoms with Crippen molar-refractivity contribution in [3.63, 3.8) is 0 Å². The lowest BCUT2D eigenvalue weighted by Crippen LogP contribution is -2.25. The summed E-state index contributed by atoms with van der Waals surface area (Å²) in [4.78, 5) is 14.7. The number of methoxy groups -OCH3 is 1. The van der Waals surface area contributed by atoms with E-state index in [1.807, 2.05) is 6.92 Å². The molecule has 1 unspecified atom stereocenters. The predicted octanol–water partition coefficient (Wildman–Crippen LogP) is 1.72. The monoisotopic (exact) mass is 248 g/mol. The number of nitrogens with zero attached hydrogens (tertiary/aromatic N) is 2. The fraction of sp³-hybridized carbons (Fsp3) is 0.700. The van der Waals surface area contributed by atoms with Gasteiger partial charge in [-0.15, -0.1) is 0 Å². The van der Waals surface area contributed by atoms with Crippen LogP contribution in [0.15, 0.2) is 4.52 Å². The van der Waals surface area contributed by atoms with Crippen LogP contribution in [0.1, 0.15) is 32.0 Å². The molecule has 1 atom stereocenters. The molecule has 7 heteroatoms. The molecule has 0 bridgehead atoms. The lowest BCUT2D eigenvalue weighted by Gasteiger charge is -2.21. The Kier molecular flexibility index (Phi) is 4.28. The average Bonchev–Trinajstić information content (AvgIpc) is 2.76. The van der Waals surface area contributed by atoms with Gasteiger partial charge in [-0.3, -0.25) is 4.79 Å². The van der Waals surface area contributed by atoms with E-state index in [0.717, 1.165) is 0 Å². The van der Waals surface area contributed by atoms with Gasteiger partial charge in [0.25, 0.3) is 6.43 Å². The number of rotatable bonds is 6. The van der Waals surface area contributed by atoms with Crippen LogP contribution in [0.4, 0.5) is 8.78 Å². The molecule has 0 aliphatic carbocycles. The van der Waals surface area contributed by atoms with Crippen LogP contribution in [0.2, 0.25) is 0 Å². The van der Waals surface area contributed by atoms with E-state index in [1.54, 1.807) is 6.92 Å². The Labute approximate surface area is 97.1 Å². The molecule has 1 heterocycles. The van der Waals surface area contributed by atoms with Gasteiger partial charge in [0.15, 0.2) is 0 Å². The van der Waals surface area contributed by atoms with Gasteiger partial charge in [0.1, 0.15) is 5.60 Å². The Hall–Kier alpha value is -1.37. The first-order valence-corrected chi connectivity index (χ1v) is 5.12. The first-order valence-electron chi connectivity index (χ1n) is 5.12. The largest absolute Gasteiger partial charge is 0.370 e. The quantitative estimate of drug-likeness (QED) is 0.766. The highest BCUT2D eigenvalue weighted by Crippen LogP contribution is 2.25. The van der Waals surface area contributed by atoms with E-state index in [2.05, 4.69) is 10.1 Å². The van der Waals surface area contributed by atoms with Crippen LogP contribution < -0.4 is 0 Å². The molecule has 0 aliphatic heterocycles. The molecule has 0 radical (unpaired) electrons. The zero-order valence-corrected chi connectivity index (χ0v) is 9.87. The number of carbonyl (C=O) groups excluding carboxylic acids is 1. The van der Waals surface area contributed by atoms with Crippen LogP contribution >= 0.6 is 0 Å². The van der Waals surface area contributed by atoms with E-state index in [9.17, 15) is 13.6 Å². The molecule has 0 aliphatic rings. The summed E-state index contributed by atoms with van der Waals surface area (Å²) >= 11 is 0. The van der Waals surface area contributed by atoms with Crippen LogP contribution in [0, 0.1) is 0 Å². The van der Waals surface area contributed by atoms with Gasteiger partial charge in [-0.2, -0.15) is 4.98 Å². The summed E-state index contributed by atoms with van der Waals surface area (Å²) < 4.78 is 34.0. The molecule has 96 valence electrons. The number of halogens is 2. The first-order chi connectivity index (χ1) is 7.92. The van der Waals surface area contributed by atoms with Crippen molar-refractivity contribution < 1.29 is 22.8 Å². The number of ether oxygens (including phenoxy) is 1. The van der Waals surface area contributed by atoms with Crippen molar-refractivity contribution in [2.24, 2.45) is 0 Å². The van der Waals surface area contributed by atoms with Crippen LogP contribution in [0.25, 0.3) is 0 Å². The van der Waals surface area contributed by atoms with Crippen LogP contribution in [-0.2, 0) is 21.6 Å². The summed E-state index contributed by atoms with van der Waals surface area (Å²) in [6.07, 6.45) is -3.00. The standard InChI is InChI=1S/C10H14F2N2O3/c1-4-10(2,16-3)9-13-7(17-14-9)5-6(15)8(11)12/h8H,4-5H2,1-3H3. The average molecular weight is 248 g/mol. The van der Waals surface area contributed by atoms with Crippen LogP contribution in [0.3, 0.4) is 0 Å². The third-order valence-electron chi connectivity index (χ3n) is 2.64. The molecule has 1 aromatic rings. The molecule has 17 heavy (non-hydrogen) atoms. The Bertz CT molecular complexity index is 389. The van der Waals surface area contributed by atoms with E-state index in [1.165, 1.54) is 7.11 Å². The number of carbonyl (C=O) groups is 1. The lowest BCUT2D eigenvalue weighted by molar-refractivity contribution is -0.129. The fourth-order valence-corrected chi connectivity index (χ4v) is 1.16. The fourth-order valence-electron chi connectivity index (χ4n) is 1.16. The number of alkyl halides is 2. The van der Waals surface area contributed by atoms with Crippen molar-refractivity contribution in [3.8, 4) is 0 Å². The predicted molar refractivity (Wildman–Crippen MR) is 53.7 cm³/mol. The number of Topliss-reactive ketones (excluding diaryl/α,β-unsaturated/α-hetero) is 1. The van der Waals surface area contributed by atoms with Gasteiger partial charge >= 0.3 is 0 Å². The normalized spacial score (nSPS) is 14.9. The minimum atomic E-state index is -3.02. The molecule has 5 nitrogen and oxygen atoms in total. The molecule has 0 spiro atoms. The Morgan fingerprint density at radius 2 is 2.24 bits per heavy atom. The highest BCUT2D eigenvalue weighted by molar-refractivity contribution is 5.82. The SMILES string of the molecule is CCC(C)(OC)c1noc(CC(=O)C(F)F)n1. The maximum absolute atomic E-state index is 12.0. The van der Waals surface area contributed by atoms with Crippen molar-refractivity contribution in [1.29, 1.82) is 0 Å². The molecule has 0 saturated heterocycles. The van der Waals surface area contributed by atoms with Gasteiger partial charge in [-0.25, -0.2) is 8.78 Å². The molecule has 0 amide bonds. The van der Waals surface area contributed by atoms with Gasteiger partial charge in [0.05, 0.1) is 6.42 Å². The van der Waals surface area contributed by atoms with Crippen molar-refractivity contribution in [2.75, 3.05) is 7.11 Å². The van der Waals surface area contributed by atoms with Gasteiger partial charge in [-0.05, 0) is 13.3 Å². The highest BCUT2D eigenvalue weighted by Gasteiger charge is 2.30. The second-order valence-electron chi connectivity index (χ2n) is 3.74. The van der Waals surface area contributed by atoms with E-state index in [4.69, 9.17) is 9.26 Å². The molecular formula is C10H14F2N2O3. The maximum atomic E-state index is 12.0. The van der Waals surface area contributed by atoms with E-state index < -0.39 is 24.2 Å². The summed E-state index contributed by atoms with van der Waals surface area (Å²) in [6, 6.07) is 0. The molecule has 0 fully saturated rings. The smallest absolute Gasteiger partial charge is 0.296 e. The lowest BCUT2D eigenvalue weighted by atomic mass is 10.0. The van der Waals surface area contributed by atoms with Crippen molar-refractivity contribution in [3.05, 3.63) is 11.7 Å². The van der Waals surface area contributed by atoms with E-state index in [0.29, 0.717) is 6.42 Å². The second-order valence-corrected chi connectivity index (χ2v) is 3.74. The second kappa shape index (κ2) is 5.31. The number of aromatic nitrogens is 2. The molecule has 0 aromatic carbocycles. The Balaban J connectivity index is 2.81. The van der Waals surface area contributed by atoms with Crippen molar-refractivity contribution in [1.82, 2.24) is 10.1 Å². The van der Waals surface area contributed by atoms with Crippen LogP contribution in [-0.4, -0.2) is 29.5 Å². The third kappa shape index (κ3) is 3.06. The topological polar surface area (TPSA) is 65.2 Å². The minimum Gasteiger partial charge on any atom is -0.370 e. The maximum Gasteiger partial charge on any atom is 0.296 e. The summed E-state index contributed by atoms with van der Waals surface area (Å²) in [7, 11) is 1.49. The molecule has 1 aromatic heterocycles.